The molecule has 2 saturated carbocycles. The molecule has 3 nitrogen and oxygen atoms in total. The lowest BCUT2D eigenvalue weighted by molar-refractivity contribution is -0.132. The van der Waals surface area contributed by atoms with E-state index in [4.69, 9.17) is 9.84 Å². The molecule has 0 spiro atoms. The van der Waals surface area contributed by atoms with Crippen LogP contribution in [-0.4, -0.2) is 24.3 Å². The minimum absolute atomic E-state index is 0.325. The van der Waals surface area contributed by atoms with Crippen molar-refractivity contribution in [2.24, 2.45) is 23.7 Å². The van der Waals surface area contributed by atoms with Gasteiger partial charge in [-0.3, -0.25) is 0 Å². The molecule has 0 unspecified atom stereocenters. The average molecular weight is 379 g/mol. The minimum Gasteiger partial charge on any atom is -0.478 e. The topological polar surface area (TPSA) is 46.5 Å². The van der Waals surface area contributed by atoms with Crippen LogP contribution in [0.4, 0.5) is 0 Å². The first-order chi connectivity index (χ1) is 13.1. The van der Waals surface area contributed by atoms with Gasteiger partial charge in [-0.15, -0.1) is 0 Å². The Labute approximate surface area is 167 Å². The third-order valence-electron chi connectivity index (χ3n) is 7.07. The van der Waals surface area contributed by atoms with Gasteiger partial charge in [0.05, 0.1) is 0 Å². The Morgan fingerprint density at radius 1 is 0.926 bits per heavy atom. The Balaban J connectivity index is 1.47. The van der Waals surface area contributed by atoms with E-state index in [1.165, 1.54) is 64.2 Å². The molecule has 2 aliphatic rings. The molecule has 0 heterocycles. The first-order valence-corrected chi connectivity index (χ1v) is 11.6. The van der Waals surface area contributed by atoms with E-state index in [1.54, 1.807) is 0 Å². The van der Waals surface area contributed by atoms with Crippen LogP contribution in [0.3, 0.4) is 0 Å². The van der Waals surface area contributed by atoms with Gasteiger partial charge in [-0.05, 0) is 81.5 Å². The van der Waals surface area contributed by atoms with Crippen molar-refractivity contribution in [3.63, 3.8) is 0 Å². The van der Waals surface area contributed by atoms with E-state index in [9.17, 15) is 4.79 Å². The number of rotatable bonds is 12. The first-order valence-electron chi connectivity index (χ1n) is 11.6. The summed E-state index contributed by atoms with van der Waals surface area (Å²) in [5.74, 6) is 2.94. The summed E-state index contributed by atoms with van der Waals surface area (Å²) in [4.78, 5) is 10.7. The Bertz CT molecular complexity index is 429. The van der Waals surface area contributed by atoms with Crippen LogP contribution in [0.2, 0.25) is 0 Å². The van der Waals surface area contributed by atoms with E-state index >= 15 is 0 Å². The number of aliphatic carboxylic acids is 1. The molecule has 0 saturated heterocycles. The quantitative estimate of drug-likeness (QED) is 0.307. The molecule has 156 valence electrons. The number of carboxylic acid groups (broad SMARTS) is 1. The largest absolute Gasteiger partial charge is 0.478 e. The van der Waals surface area contributed by atoms with Crippen molar-refractivity contribution in [2.45, 2.75) is 96.8 Å². The molecule has 0 aromatic carbocycles. The van der Waals surface area contributed by atoms with E-state index < -0.39 is 5.97 Å². The second kappa shape index (κ2) is 12.6. The van der Waals surface area contributed by atoms with Gasteiger partial charge >= 0.3 is 5.97 Å². The summed E-state index contributed by atoms with van der Waals surface area (Å²) in [6.45, 7) is 7.64. The zero-order valence-corrected chi connectivity index (χ0v) is 17.6. The SMILES string of the molecule is C=C(CCCCCOC[C@H]1CC[C@H]([C@H]2CC[C@H](CCC)CC2)CC1)C(=O)O. The normalized spacial score (nSPS) is 28.8. The molecule has 0 aromatic heterocycles. The summed E-state index contributed by atoms with van der Waals surface area (Å²) in [6, 6.07) is 0. The lowest BCUT2D eigenvalue weighted by Crippen LogP contribution is -2.27. The van der Waals surface area contributed by atoms with Crippen LogP contribution in [0.1, 0.15) is 96.8 Å². The Kier molecular flexibility index (Phi) is 10.5. The highest BCUT2D eigenvalue weighted by atomic mass is 16.5. The van der Waals surface area contributed by atoms with Gasteiger partial charge in [-0.25, -0.2) is 4.79 Å². The number of hydrogen-bond acceptors (Lipinski definition) is 2. The maximum absolute atomic E-state index is 10.7. The smallest absolute Gasteiger partial charge is 0.330 e. The van der Waals surface area contributed by atoms with E-state index in [1.807, 2.05) is 0 Å². The van der Waals surface area contributed by atoms with Crippen molar-refractivity contribution >= 4 is 5.97 Å². The fourth-order valence-corrected chi connectivity index (χ4v) is 5.26. The minimum atomic E-state index is -0.865. The van der Waals surface area contributed by atoms with Crippen molar-refractivity contribution in [1.29, 1.82) is 0 Å². The molecule has 27 heavy (non-hydrogen) atoms. The molecule has 2 rings (SSSR count). The summed E-state index contributed by atoms with van der Waals surface area (Å²) < 4.78 is 5.91. The monoisotopic (exact) mass is 378 g/mol. The van der Waals surface area contributed by atoms with Crippen LogP contribution in [0.25, 0.3) is 0 Å². The number of unbranched alkanes of at least 4 members (excludes halogenated alkanes) is 2. The predicted octanol–water partition coefficient (Wildman–Crippen LogP) is 6.62. The lowest BCUT2D eigenvalue weighted by atomic mass is 9.69. The number of hydrogen-bond donors (Lipinski definition) is 1. The van der Waals surface area contributed by atoms with Gasteiger partial charge in [0.25, 0.3) is 0 Å². The summed E-state index contributed by atoms with van der Waals surface area (Å²) in [7, 11) is 0. The standard InChI is InChI=1S/C24H42O3/c1-3-7-20-9-13-22(14-10-20)23-15-11-21(12-16-23)18-27-17-6-4-5-8-19(2)24(25)26/h20-23H,2-18H2,1H3,(H,25,26)/t20-,21-,22-,23-. The maximum atomic E-state index is 10.7. The van der Waals surface area contributed by atoms with Crippen molar-refractivity contribution < 1.29 is 14.6 Å². The molecule has 3 heteroatoms. The van der Waals surface area contributed by atoms with Crippen LogP contribution >= 0.6 is 0 Å². The van der Waals surface area contributed by atoms with Crippen LogP contribution in [0.5, 0.6) is 0 Å². The highest BCUT2D eigenvalue weighted by molar-refractivity contribution is 5.85. The van der Waals surface area contributed by atoms with Crippen LogP contribution in [0.15, 0.2) is 12.2 Å². The second-order valence-electron chi connectivity index (χ2n) is 9.14. The van der Waals surface area contributed by atoms with Crippen LogP contribution in [-0.2, 0) is 9.53 Å². The van der Waals surface area contributed by atoms with E-state index in [0.717, 1.165) is 56.1 Å². The third kappa shape index (κ3) is 8.37. The van der Waals surface area contributed by atoms with Gasteiger partial charge in [0.2, 0.25) is 0 Å². The average Bonchev–Trinajstić information content (AvgIpc) is 2.68. The van der Waals surface area contributed by atoms with Crippen molar-refractivity contribution in [3.05, 3.63) is 12.2 Å². The van der Waals surface area contributed by atoms with Crippen molar-refractivity contribution in [2.75, 3.05) is 13.2 Å². The second-order valence-corrected chi connectivity index (χ2v) is 9.14. The number of carbonyl (C=O) groups is 1. The molecule has 0 radical (unpaired) electrons. The Morgan fingerprint density at radius 2 is 1.52 bits per heavy atom. The van der Waals surface area contributed by atoms with Gasteiger partial charge < -0.3 is 9.84 Å². The summed E-state index contributed by atoms with van der Waals surface area (Å²) in [5, 5.41) is 8.78. The predicted molar refractivity (Wildman–Crippen MR) is 112 cm³/mol. The fraction of sp³-hybridized carbons (Fsp3) is 0.875. The maximum Gasteiger partial charge on any atom is 0.330 e. The summed E-state index contributed by atoms with van der Waals surface area (Å²) in [6.07, 6.45) is 17.9. The van der Waals surface area contributed by atoms with Gasteiger partial charge in [-0.2, -0.15) is 0 Å². The molecule has 0 aromatic rings. The van der Waals surface area contributed by atoms with Crippen LogP contribution in [0, 0.1) is 23.7 Å². The molecule has 2 aliphatic carbocycles. The van der Waals surface area contributed by atoms with E-state index in [-0.39, 0.29) is 0 Å². The third-order valence-corrected chi connectivity index (χ3v) is 7.07. The van der Waals surface area contributed by atoms with Gasteiger partial charge in [-0.1, -0.05) is 45.6 Å². The molecule has 0 atom stereocenters. The lowest BCUT2D eigenvalue weighted by Gasteiger charge is -2.37. The zero-order valence-electron chi connectivity index (χ0n) is 17.6. The highest BCUT2D eigenvalue weighted by Crippen LogP contribution is 2.42. The van der Waals surface area contributed by atoms with Crippen molar-refractivity contribution in [3.8, 4) is 0 Å². The Morgan fingerprint density at radius 3 is 2.07 bits per heavy atom. The molecular formula is C24H42O3. The van der Waals surface area contributed by atoms with Gasteiger partial charge in [0, 0.05) is 18.8 Å². The molecule has 0 amide bonds. The van der Waals surface area contributed by atoms with Crippen molar-refractivity contribution in [1.82, 2.24) is 0 Å². The summed E-state index contributed by atoms with van der Waals surface area (Å²) >= 11 is 0. The molecule has 2 fully saturated rings. The molecule has 1 N–H and O–H groups in total. The number of carboxylic acids is 1. The Hall–Kier alpha value is -0.830. The molecular weight excluding hydrogens is 336 g/mol. The zero-order chi connectivity index (χ0) is 19.5. The highest BCUT2D eigenvalue weighted by Gasteiger charge is 2.30. The fourth-order valence-electron chi connectivity index (χ4n) is 5.26. The van der Waals surface area contributed by atoms with E-state index in [0.29, 0.717) is 12.0 Å². The summed E-state index contributed by atoms with van der Waals surface area (Å²) in [5.41, 5.74) is 0.325. The van der Waals surface area contributed by atoms with E-state index in [2.05, 4.69) is 13.5 Å². The first kappa shape index (κ1) is 22.5. The number of ether oxygens (including phenoxy) is 1. The molecule has 0 bridgehead atoms. The van der Waals surface area contributed by atoms with Crippen LogP contribution < -0.4 is 0 Å². The van der Waals surface area contributed by atoms with Gasteiger partial charge in [0.1, 0.15) is 0 Å². The molecule has 0 aliphatic heterocycles. The van der Waals surface area contributed by atoms with Gasteiger partial charge in [0.15, 0.2) is 0 Å².